The van der Waals surface area contributed by atoms with Crippen LogP contribution in [0.1, 0.15) is 72.7 Å². The Morgan fingerprint density at radius 3 is 2.36 bits per heavy atom. The molecule has 2 fully saturated rings. The van der Waals surface area contributed by atoms with E-state index in [0.717, 1.165) is 49.7 Å². The highest BCUT2D eigenvalue weighted by molar-refractivity contribution is 5.96. The topological polar surface area (TPSA) is 62.6 Å². The number of nitrogens with one attached hydrogen (secondary N) is 1. The van der Waals surface area contributed by atoms with Gasteiger partial charge in [-0.3, -0.25) is 9.59 Å². The number of hydrogen-bond donors (Lipinski definition) is 1. The van der Waals surface area contributed by atoms with Crippen molar-refractivity contribution in [2.45, 2.75) is 70.0 Å². The van der Waals surface area contributed by atoms with Gasteiger partial charge in [0, 0.05) is 12.1 Å². The Hall–Kier alpha value is -2.56. The molecule has 0 unspecified atom stereocenters. The molecule has 0 bridgehead atoms. The standard InChI is InChI=1S/C23H28N2O3/c1-16-9-11-17(12-10-16)21(22(26)24-18-6-3-2-4-7-18)25(19-13-14-19)23(27)20-8-5-15-28-20/h5,8-12,15,18-19,21H,2-4,6-7,13-14H2,1H3,(H,24,26)/t21-/m0/s1. The van der Waals surface area contributed by atoms with Gasteiger partial charge in [-0.15, -0.1) is 0 Å². The predicted molar refractivity (Wildman–Crippen MR) is 107 cm³/mol. The summed E-state index contributed by atoms with van der Waals surface area (Å²) in [6.07, 6.45) is 8.91. The fraction of sp³-hybridized carbons (Fsp3) is 0.478. The average molecular weight is 380 g/mol. The maximum Gasteiger partial charge on any atom is 0.290 e. The van der Waals surface area contributed by atoms with Crippen LogP contribution in [0.15, 0.2) is 47.1 Å². The van der Waals surface area contributed by atoms with E-state index in [1.165, 1.54) is 12.7 Å². The van der Waals surface area contributed by atoms with Gasteiger partial charge in [0.1, 0.15) is 6.04 Å². The van der Waals surface area contributed by atoms with Crippen molar-refractivity contribution >= 4 is 11.8 Å². The largest absolute Gasteiger partial charge is 0.459 e. The summed E-state index contributed by atoms with van der Waals surface area (Å²) in [4.78, 5) is 28.4. The van der Waals surface area contributed by atoms with E-state index in [0.29, 0.717) is 0 Å². The van der Waals surface area contributed by atoms with Gasteiger partial charge in [0.25, 0.3) is 5.91 Å². The SMILES string of the molecule is Cc1ccc([C@@H](C(=O)NC2CCCCC2)N(C(=O)c2ccco2)C2CC2)cc1. The third-order valence-corrected chi connectivity index (χ3v) is 5.78. The quantitative estimate of drug-likeness (QED) is 0.809. The average Bonchev–Trinajstić information content (AvgIpc) is 3.39. The van der Waals surface area contributed by atoms with Crippen molar-refractivity contribution < 1.29 is 14.0 Å². The van der Waals surface area contributed by atoms with Crippen molar-refractivity contribution in [1.82, 2.24) is 10.2 Å². The van der Waals surface area contributed by atoms with Crippen LogP contribution >= 0.6 is 0 Å². The van der Waals surface area contributed by atoms with Crippen LogP contribution in [0.5, 0.6) is 0 Å². The van der Waals surface area contributed by atoms with E-state index in [2.05, 4.69) is 5.32 Å². The third kappa shape index (κ3) is 4.13. The van der Waals surface area contributed by atoms with Crippen LogP contribution in [0, 0.1) is 6.92 Å². The Morgan fingerprint density at radius 1 is 1.04 bits per heavy atom. The number of amides is 2. The molecule has 1 N–H and O–H groups in total. The zero-order valence-corrected chi connectivity index (χ0v) is 16.4. The molecule has 1 heterocycles. The van der Waals surface area contributed by atoms with Gasteiger partial charge in [-0.05, 0) is 50.3 Å². The Labute approximate surface area is 166 Å². The van der Waals surface area contributed by atoms with E-state index >= 15 is 0 Å². The molecular formula is C23H28N2O3. The minimum Gasteiger partial charge on any atom is -0.459 e. The maximum absolute atomic E-state index is 13.4. The second kappa shape index (κ2) is 8.21. The molecule has 0 spiro atoms. The van der Waals surface area contributed by atoms with Crippen molar-refractivity contribution in [3.8, 4) is 0 Å². The van der Waals surface area contributed by atoms with Gasteiger partial charge in [0.05, 0.1) is 6.26 Å². The van der Waals surface area contributed by atoms with Crippen molar-refractivity contribution in [3.05, 3.63) is 59.5 Å². The van der Waals surface area contributed by atoms with Gasteiger partial charge >= 0.3 is 0 Å². The molecule has 0 saturated heterocycles. The second-order valence-electron chi connectivity index (χ2n) is 8.08. The number of carbonyl (C=O) groups excluding carboxylic acids is 2. The number of benzene rings is 1. The number of furan rings is 1. The van der Waals surface area contributed by atoms with Gasteiger partial charge < -0.3 is 14.6 Å². The molecular weight excluding hydrogens is 352 g/mol. The molecule has 148 valence electrons. The molecule has 2 aromatic rings. The van der Waals surface area contributed by atoms with Gasteiger partial charge in [0.15, 0.2) is 5.76 Å². The number of carbonyl (C=O) groups is 2. The summed E-state index contributed by atoms with van der Waals surface area (Å²) in [5.41, 5.74) is 1.98. The number of hydrogen-bond acceptors (Lipinski definition) is 3. The molecule has 2 aliphatic rings. The molecule has 2 amide bonds. The first-order valence-electron chi connectivity index (χ1n) is 10.4. The van der Waals surface area contributed by atoms with Crippen LogP contribution in [0.3, 0.4) is 0 Å². The number of rotatable bonds is 6. The molecule has 1 aromatic heterocycles. The molecule has 0 radical (unpaired) electrons. The fourth-order valence-corrected chi connectivity index (χ4v) is 4.09. The summed E-state index contributed by atoms with van der Waals surface area (Å²) in [6.45, 7) is 2.02. The van der Waals surface area contributed by atoms with Gasteiger partial charge in [0.2, 0.25) is 5.91 Å². The van der Waals surface area contributed by atoms with Crippen molar-refractivity contribution in [3.63, 3.8) is 0 Å². The molecule has 1 atom stereocenters. The second-order valence-corrected chi connectivity index (χ2v) is 8.08. The van der Waals surface area contributed by atoms with Crippen molar-refractivity contribution in [1.29, 1.82) is 0 Å². The summed E-state index contributed by atoms with van der Waals surface area (Å²) in [6, 6.07) is 11.0. The normalized spacial score (nSPS) is 18.5. The zero-order valence-electron chi connectivity index (χ0n) is 16.4. The van der Waals surface area contributed by atoms with E-state index in [9.17, 15) is 9.59 Å². The lowest BCUT2D eigenvalue weighted by Gasteiger charge is -2.33. The Kier molecular flexibility index (Phi) is 5.51. The molecule has 1 aromatic carbocycles. The minimum absolute atomic E-state index is 0.0810. The third-order valence-electron chi connectivity index (χ3n) is 5.78. The van der Waals surface area contributed by atoms with Gasteiger partial charge in [-0.2, -0.15) is 0 Å². The van der Waals surface area contributed by atoms with E-state index < -0.39 is 6.04 Å². The maximum atomic E-state index is 13.4. The lowest BCUT2D eigenvalue weighted by molar-refractivity contribution is -0.127. The van der Waals surface area contributed by atoms with Crippen LogP contribution < -0.4 is 5.32 Å². The predicted octanol–water partition coefficient (Wildman–Crippen LogP) is 4.38. The number of aryl methyl sites for hydroxylation is 1. The van der Waals surface area contributed by atoms with E-state index in [1.54, 1.807) is 17.0 Å². The Balaban J connectivity index is 1.65. The summed E-state index contributed by atoms with van der Waals surface area (Å²) in [5.74, 6) is -0.00564. The van der Waals surface area contributed by atoms with Gasteiger partial charge in [-0.25, -0.2) is 0 Å². The smallest absolute Gasteiger partial charge is 0.290 e. The molecule has 2 saturated carbocycles. The summed E-state index contributed by atoms with van der Waals surface area (Å²) in [5, 5.41) is 3.23. The van der Waals surface area contributed by atoms with Crippen LogP contribution in [0.4, 0.5) is 0 Å². The summed E-state index contributed by atoms with van der Waals surface area (Å²) in [7, 11) is 0. The lowest BCUT2D eigenvalue weighted by Crippen LogP contribution is -2.47. The molecule has 28 heavy (non-hydrogen) atoms. The van der Waals surface area contributed by atoms with E-state index in [4.69, 9.17) is 4.42 Å². The van der Waals surface area contributed by atoms with Crippen molar-refractivity contribution in [2.24, 2.45) is 0 Å². The first-order valence-corrected chi connectivity index (χ1v) is 10.4. The summed E-state index contributed by atoms with van der Waals surface area (Å²) < 4.78 is 5.37. The van der Waals surface area contributed by atoms with Crippen LogP contribution in [-0.4, -0.2) is 28.8 Å². The van der Waals surface area contributed by atoms with Gasteiger partial charge in [-0.1, -0.05) is 49.1 Å². The molecule has 5 nitrogen and oxygen atoms in total. The Bertz CT molecular complexity index is 803. The zero-order chi connectivity index (χ0) is 19.5. The first-order chi connectivity index (χ1) is 13.6. The van der Waals surface area contributed by atoms with E-state index in [-0.39, 0.29) is 29.7 Å². The highest BCUT2D eigenvalue weighted by Gasteiger charge is 2.42. The highest BCUT2D eigenvalue weighted by atomic mass is 16.3. The first kappa shape index (κ1) is 18.8. The molecule has 2 aliphatic carbocycles. The minimum atomic E-state index is -0.632. The molecule has 5 heteroatoms. The molecule has 4 rings (SSSR count). The van der Waals surface area contributed by atoms with Crippen molar-refractivity contribution in [2.75, 3.05) is 0 Å². The van der Waals surface area contributed by atoms with Crippen LogP contribution in [-0.2, 0) is 4.79 Å². The Morgan fingerprint density at radius 2 is 1.75 bits per heavy atom. The highest BCUT2D eigenvalue weighted by Crippen LogP contribution is 2.36. The monoisotopic (exact) mass is 380 g/mol. The fourth-order valence-electron chi connectivity index (χ4n) is 4.09. The molecule has 0 aliphatic heterocycles. The lowest BCUT2D eigenvalue weighted by atomic mass is 9.94. The number of nitrogens with zero attached hydrogens (tertiary/aromatic N) is 1. The van der Waals surface area contributed by atoms with Crippen LogP contribution in [0.25, 0.3) is 0 Å². The summed E-state index contributed by atoms with van der Waals surface area (Å²) >= 11 is 0. The van der Waals surface area contributed by atoms with Crippen LogP contribution in [0.2, 0.25) is 0 Å². The van der Waals surface area contributed by atoms with E-state index in [1.807, 2.05) is 31.2 Å².